The summed E-state index contributed by atoms with van der Waals surface area (Å²) in [6.07, 6.45) is 5.40. The molecule has 0 aromatic heterocycles. The number of allylic oxidation sites excluding steroid dienone is 2. The first kappa shape index (κ1) is 25.2. The minimum atomic E-state index is -0.659. The molecule has 176 valence electrons. The Morgan fingerprint density at radius 3 is 2.48 bits per heavy atom. The Bertz CT molecular complexity index is 707. The lowest BCUT2D eigenvalue weighted by Gasteiger charge is -2.29. The molecule has 0 aromatic rings. The summed E-state index contributed by atoms with van der Waals surface area (Å²) >= 11 is 0. The Labute approximate surface area is 186 Å². The molecule has 2 fully saturated rings. The number of carbonyl (C=O) groups is 3. The summed E-state index contributed by atoms with van der Waals surface area (Å²) < 4.78 is 10.7. The molecule has 1 unspecified atom stereocenters. The maximum atomic E-state index is 12.8. The number of esters is 1. The first-order valence-electron chi connectivity index (χ1n) is 11.5. The van der Waals surface area contributed by atoms with Gasteiger partial charge in [-0.2, -0.15) is 0 Å². The van der Waals surface area contributed by atoms with Gasteiger partial charge in [-0.3, -0.25) is 9.69 Å². The zero-order valence-corrected chi connectivity index (χ0v) is 20.2. The van der Waals surface area contributed by atoms with E-state index in [2.05, 4.69) is 32.2 Å². The fourth-order valence-electron chi connectivity index (χ4n) is 4.33. The van der Waals surface area contributed by atoms with Gasteiger partial charge in [0, 0.05) is 24.4 Å². The molecule has 0 spiro atoms. The van der Waals surface area contributed by atoms with Crippen molar-refractivity contribution in [2.24, 2.45) is 11.3 Å². The summed E-state index contributed by atoms with van der Waals surface area (Å²) in [6.45, 7) is 14.1. The van der Waals surface area contributed by atoms with Crippen LogP contribution >= 0.6 is 0 Å². The maximum Gasteiger partial charge on any atom is 0.411 e. The Hall–Kier alpha value is -2.05. The third-order valence-corrected chi connectivity index (χ3v) is 5.96. The highest BCUT2D eigenvalue weighted by Gasteiger charge is 2.68. The molecule has 2 amide bonds. The van der Waals surface area contributed by atoms with Crippen LogP contribution in [0.25, 0.3) is 0 Å². The summed E-state index contributed by atoms with van der Waals surface area (Å²) in [5, 5.41) is 3.05. The van der Waals surface area contributed by atoms with Gasteiger partial charge in [0.05, 0.1) is 6.61 Å². The van der Waals surface area contributed by atoms with Gasteiger partial charge in [-0.25, -0.2) is 9.59 Å². The smallest absolute Gasteiger partial charge is 0.411 e. The minimum Gasteiger partial charge on any atom is -0.464 e. The molecule has 1 saturated heterocycles. The van der Waals surface area contributed by atoms with E-state index >= 15 is 0 Å². The summed E-state index contributed by atoms with van der Waals surface area (Å²) in [7, 11) is 0. The molecule has 0 aromatic carbocycles. The third-order valence-electron chi connectivity index (χ3n) is 5.96. The van der Waals surface area contributed by atoms with Crippen LogP contribution in [0.15, 0.2) is 11.6 Å². The number of fused-ring (bicyclic) bond motifs is 1. The SMILES string of the molecule is CCOC(=O)[C@@H]1C[C@@]2(CNC(=O)CC(C)CCC=C(C)C)C[C@H]2N1C(=O)OC(C)(C)C. The normalized spacial score (nSPS) is 25.3. The Kier molecular flexibility index (Phi) is 8.17. The number of piperidine rings is 1. The Morgan fingerprint density at radius 1 is 1.23 bits per heavy atom. The van der Waals surface area contributed by atoms with Crippen molar-refractivity contribution in [2.75, 3.05) is 13.2 Å². The van der Waals surface area contributed by atoms with E-state index in [1.54, 1.807) is 27.7 Å². The first-order chi connectivity index (χ1) is 14.4. The summed E-state index contributed by atoms with van der Waals surface area (Å²) in [4.78, 5) is 39.3. The highest BCUT2D eigenvalue weighted by Crippen LogP contribution is 2.59. The number of rotatable bonds is 9. The van der Waals surface area contributed by atoms with Gasteiger partial charge in [-0.05, 0) is 73.1 Å². The summed E-state index contributed by atoms with van der Waals surface area (Å²) in [5.41, 5.74) is 0.379. The molecular formula is C24H40N2O5. The molecule has 0 bridgehead atoms. The number of hydrogen-bond acceptors (Lipinski definition) is 5. The topological polar surface area (TPSA) is 84.9 Å². The second kappa shape index (κ2) is 10.0. The van der Waals surface area contributed by atoms with Crippen molar-refractivity contribution in [3.05, 3.63) is 11.6 Å². The summed E-state index contributed by atoms with van der Waals surface area (Å²) in [6, 6.07) is -0.763. The number of carbonyl (C=O) groups excluding carboxylic acids is 3. The van der Waals surface area contributed by atoms with Crippen LogP contribution in [0.3, 0.4) is 0 Å². The van der Waals surface area contributed by atoms with E-state index < -0.39 is 23.7 Å². The van der Waals surface area contributed by atoms with Crippen LogP contribution < -0.4 is 5.32 Å². The minimum absolute atomic E-state index is 0.0214. The number of hydrogen-bond donors (Lipinski definition) is 1. The van der Waals surface area contributed by atoms with E-state index in [0.717, 1.165) is 19.3 Å². The lowest BCUT2D eigenvalue weighted by molar-refractivity contribution is -0.149. The fourth-order valence-corrected chi connectivity index (χ4v) is 4.33. The molecule has 1 saturated carbocycles. The predicted octanol–water partition coefficient (Wildman–Crippen LogP) is 4.21. The number of nitrogens with one attached hydrogen (secondary N) is 1. The average Bonchev–Trinajstić information content (AvgIpc) is 3.22. The van der Waals surface area contributed by atoms with E-state index in [1.807, 2.05) is 0 Å². The zero-order valence-electron chi connectivity index (χ0n) is 20.2. The van der Waals surface area contributed by atoms with Gasteiger partial charge in [0.1, 0.15) is 11.6 Å². The molecule has 2 rings (SSSR count). The van der Waals surface area contributed by atoms with Crippen molar-refractivity contribution in [1.29, 1.82) is 0 Å². The van der Waals surface area contributed by atoms with Crippen LogP contribution in [0.2, 0.25) is 0 Å². The van der Waals surface area contributed by atoms with Gasteiger partial charge in [-0.1, -0.05) is 18.6 Å². The van der Waals surface area contributed by atoms with Crippen LogP contribution in [0.1, 0.15) is 80.6 Å². The molecule has 1 aliphatic carbocycles. The van der Waals surface area contributed by atoms with Crippen molar-refractivity contribution in [3.8, 4) is 0 Å². The fraction of sp³-hybridized carbons (Fsp3) is 0.792. The molecule has 4 atom stereocenters. The summed E-state index contributed by atoms with van der Waals surface area (Å²) in [5.74, 6) is -0.0792. The van der Waals surface area contributed by atoms with E-state index in [-0.39, 0.29) is 24.0 Å². The molecule has 31 heavy (non-hydrogen) atoms. The van der Waals surface area contributed by atoms with Gasteiger partial charge in [0.25, 0.3) is 0 Å². The van der Waals surface area contributed by atoms with Gasteiger partial charge >= 0.3 is 12.1 Å². The van der Waals surface area contributed by atoms with Crippen molar-refractivity contribution >= 4 is 18.0 Å². The highest BCUT2D eigenvalue weighted by molar-refractivity contribution is 5.84. The van der Waals surface area contributed by atoms with E-state index in [1.165, 1.54) is 10.5 Å². The number of likely N-dealkylation sites (tertiary alicyclic amines) is 1. The maximum absolute atomic E-state index is 12.8. The van der Waals surface area contributed by atoms with Crippen LogP contribution in [0.4, 0.5) is 4.79 Å². The molecule has 1 aliphatic heterocycles. The van der Waals surface area contributed by atoms with E-state index in [0.29, 0.717) is 25.3 Å². The lowest BCUT2D eigenvalue weighted by Crippen LogP contribution is -2.46. The van der Waals surface area contributed by atoms with Crippen molar-refractivity contribution < 1.29 is 23.9 Å². The second-order valence-electron chi connectivity index (χ2n) is 10.4. The standard InChI is InChI=1S/C24H40N2O5/c1-8-30-21(28)18-13-24(14-19(24)26(18)22(29)31-23(5,6)7)15-25-20(27)12-17(4)11-9-10-16(2)3/h10,17-19H,8-9,11-15H2,1-7H3,(H,25,27)/t17?,18-,19+,24-/m0/s1. The van der Waals surface area contributed by atoms with Crippen molar-refractivity contribution in [1.82, 2.24) is 10.2 Å². The van der Waals surface area contributed by atoms with Crippen LogP contribution in [-0.4, -0.2) is 53.7 Å². The van der Waals surface area contributed by atoms with Crippen LogP contribution in [0.5, 0.6) is 0 Å². The Morgan fingerprint density at radius 2 is 1.90 bits per heavy atom. The molecule has 0 radical (unpaired) electrons. The van der Waals surface area contributed by atoms with Crippen molar-refractivity contribution in [3.63, 3.8) is 0 Å². The highest BCUT2D eigenvalue weighted by atomic mass is 16.6. The first-order valence-corrected chi connectivity index (χ1v) is 11.5. The number of nitrogens with zero attached hydrogens (tertiary/aromatic N) is 1. The van der Waals surface area contributed by atoms with Gasteiger partial charge in [0.2, 0.25) is 5.91 Å². The predicted molar refractivity (Wildman–Crippen MR) is 119 cm³/mol. The lowest BCUT2D eigenvalue weighted by atomic mass is 9.98. The number of ether oxygens (including phenoxy) is 2. The third kappa shape index (κ3) is 6.97. The van der Waals surface area contributed by atoms with E-state index in [4.69, 9.17) is 9.47 Å². The molecular weight excluding hydrogens is 396 g/mol. The largest absolute Gasteiger partial charge is 0.464 e. The van der Waals surface area contributed by atoms with Gasteiger partial charge in [0.15, 0.2) is 0 Å². The van der Waals surface area contributed by atoms with Crippen LogP contribution in [-0.2, 0) is 19.1 Å². The molecule has 1 N–H and O–H groups in total. The second-order valence-corrected chi connectivity index (χ2v) is 10.4. The van der Waals surface area contributed by atoms with Crippen molar-refractivity contribution in [2.45, 2.75) is 98.3 Å². The molecule has 7 nitrogen and oxygen atoms in total. The average molecular weight is 437 g/mol. The van der Waals surface area contributed by atoms with Gasteiger partial charge < -0.3 is 14.8 Å². The molecule has 1 heterocycles. The monoisotopic (exact) mass is 436 g/mol. The Balaban J connectivity index is 1.95. The number of amides is 2. The quantitative estimate of drug-likeness (QED) is 0.432. The van der Waals surface area contributed by atoms with Crippen LogP contribution in [0, 0.1) is 11.3 Å². The van der Waals surface area contributed by atoms with Gasteiger partial charge in [-0.15, -0.1) is 0 Å². The molecule has 2 aliphatic rings. The molecule has 7 heteroatoms. The zero-order chi connectivity index (χ0) is 23.4. The van der Waals surface area contributed by atoms with E-state index in [9.17, 15) is 14.4 Å².